The van der Waals surface area contributed by atoms with Crippen molar-refractivity contribution in [3.8, 4) is 0 Å². The monoisotopic (exact) mass is 443 g/mol. The quantitative estimate of drug-likeness (QED) is 0.703. The molecule has 1 aliphatic heterocycles. The lowest BCUT2D eigenvalue weighted by molar-refractivity contribution is 0.152. The number of aryl methyl sites for hydroxylation is 1. The Morgan fingerprint density at radius 1 is 1.10 bits per heavy atom. The highest BCUT2D eigenvalue weighted by Crippen LogP contribution is 2.35. The number of ether oxygens (including phenoxy) is 1. The van der Waals surface area contributed by atoms with Crippen molar-refractivity contribution in [3.05, 3.63) is 48.0 Å². The largest absolute Gasteiger partial charge is 0.380 e. The van der Waals surface area contributed by atoms with E-state index in [0.717, 1.165) is 37.1 Å². The highest BCUT2D eigenvalue weighted by Gasteiger charge is 2.30. The molecule has 0 spiro atoms. The Morgan fingerprint density at radius 2 is 1.94 bits per heavy atom. The molecular weight excluding hydrogens is 414 g/mol. The van der Waals surface area contributed by atoms with Crippen LogP contribution in [0.5, 0.6) is 0 Å². The summed E-state index contributed by atoms with van der Waals surface area (Å²) in [6.45, 7) is 4.71. The van der Waals surface area contributed by atoms with Crippen LogP contribution in [-0.4, -0.2) is 46.5 Å². The van der Waals surface area contributed by atoms with E-state index in [4.69, 9.17) is 4.74 Å². The van der Waals surface area contributed by atoms with Crippen molar-refractivity contribution in [2.75, 3.05) is 47.6 Å². The molecule has 2 amide bonds. The number of benzene rings is 2. The fraction of sp³-hybridized carbons (Fsp3) is 0.435. The van der Waals surface area contributed by atoms with E-state index >= 15 is 0 Å². The normalized spacial score (nSPS) is 17.1. The lowest BCUT2D eigenvalue weighted by atomic mass is 10.2. The number of carbonyl (C=O) groups is 1. The summed E-state index contributed by atoms with van der Waals surface area (Å²) < 4.78 is 31.2. The van der Waals surface area contributed by atoms with E-state index in [-0.39, 0.29) is 16.6 Å². The molecule has 0 radical (unpaired) electrons. The first-order valence-electron chi connectivity index (χ1n) is 10.7. The summed E-state index contributed by atoms with van der Waals surface area (Å²) in [4.78, 5) is 15.1. The van der Waals surface area contributed by atoms with Crippen LogP contribution in [0.15, 0.2) is 47.4 Å². The molecular formula is C23H29N3O4S. The number of hydrogen-bond acceptors (Lipinski definition) is 5. The maximum atomic E-state index is 12.8. The molecule has 8 heteroatoms. The summed E-state index contributed by atoms with van der Waals surface area (Å²) >= 11 is 0. The molecule has 2 N–H and O–H groups in total. The summed E-state index contributed by atoms with van der Waals surface area (Å²) in [7, 11) is -3.39. The summed E-state index contributed by atoms with van der Waals surface area (Å²) in [6, 6.07) is 12.2. The van der Waals surface area contributed by atoms with Gasteiger partial charge in [0.15, 0.2) is 9.84 Å². The molecule has 0 bridgehead atoms. The van der Waals surface area contributed by atoms with Crippen LogP contribution in [0.4, 0.5) is 21.9 Å². The average molecular weight is 444 g/mol. The Bertz CT molecular complexity index is 1040. The maximum absolute atomic E-state index is 12.8. The Balaban J connectivity index is 1.60. The van der Waals surface area contributed by atoms with Crippen molar-refractivity contribution < 1.29 is 17.9 Å². The zero-order valence-corrected chi connectivity index (χ0v) is 18.6. The van der Waals surface area contributed by atoms with Crippen LogP contribution in [0.1, 0.15) is 24.8 Å². The van der Waals surface area contributed by atoms with Gasteiger partial charge in [0, 0.05) is 25.4 Å². The number of hydrogen-bond donors (Lipinski definition) is 2. The van der Waals surface area contributed by atoms with E-state index in [1.807, 2.05) is 31.2 Å². The Kier molecular flexibility index (Phi) is 6.48. The number of nitrogens with zero attached hydrogens (tertiary/aromatic N) is 1. The molecule has 0 atom stereocenters. The third kappa shape index (κ3) is 5.77. The molecule has 0 aromatic heterocycles. The second-order valence-corrected chi connectivity index (χ2v) is 10.3. The van der Waals surface area contributed by atoms with Crippen LogP contribution >= 0.6 is 0 Å². The minimum atomic E-state index is -3.39. The Hall–Kier alpha value is -2.58. The standard InChI is InChI=1S/C23H29N3O4S/c1-17-4-2-5-19(14-17)24-23(27)25-21-15-20(31(28,29)16-18-6-7-18)8-9-22(21)26-10-3-12-30-13-11-26/h2,4-5,8-9,14-15,18H,3,6-7,10-13,16H2,1H3,(H2,24,25,27). The van der Waals surface area contributed by atoms with E-state index in [1.165, 1.54) is 0 Å². The number of carbonyl (C=O) groups excluding carboxylic acids is 1. The van der Waals surface area contributed by atoms with E-state index in [9.17, 15) is 13.2 Å². The molecule has 2 aromatic rings. The lowest BCUT2D eigenvalue weighted by Crippen LogP contribution is -2.28. The number of amides is 2. The van der Waals surface area contributed by atoms with Gasteiger partial charge in [0.2, 0.25) is 0 Å². The molecule has 0 unspecified atom stereocenters. The number of sulfone groups is 1. The lowest BCUT2D eigenvalue weighted by Gasteiger charge is -2.25. The molecule has 7 nitrogen and oxygen atoms in total. The minimum absolute atomic E-state index is 0.166. The van der Waals surface area contributed by atoms with Crippen molar-refractivity contribution in [1.82, 2.24) is 0 Å². The van der Waals surface area contributed by atoms with Gasteiger partial charge in [-0.25, -0.2) is 13.2 Å². The van der Waals surface area contributed by atoms with Gasteiger partial charge in [-0.1, -0.05) is 12.1 Å². The summed E-state index contributed by atoms with van der Waals surface area (Å²) in [5.41, 5.74) is 3.01. The third-order valence-corrected chi connectivity index (χ3v) is 7.45. The highest BCUT2D eigenvalue weighted by molar-refractivity contribution is 7.91. The smallest absolute Gasteiger partial charge is 0.323 e. The van der Waals surface area contributed by atoms with E-state index in [0.29, 0.717) is 31.1 Å². The SMILES string of the molecule is Cc1cccc(NC(=O)Nc2cc(S(=O)(=O)CC3CC3)ccc2N2CCCOCC2)c1. The number of rotatable bonds is 6. The van der Waals surface area contributed by atoms with Crippen LogP contribution in [-0.2, 0) is 14.6 Å². The fourth-order valence-electron chi connectivity index (χ4n) is 3.77. The predicted molar refractivity (Wildman–Crippen MR) is 123 cm³/mol. The molecule has 166 valence electrons. The highest BCUT2D eigenvalue weighted by atomic mass is 32.2. The third-order valence-electron chi connectivity index (χ3n) is 5.57. The molecule has 1 saturated heterocycles. The van der Waals surface area contributed by atoms with Crippen molar-refractivity contribution in [1.29, 1.82) is 0 Å². The van der Waals surface area contributed by atoms with Gasteiger partial charge in [-0.05, 0) is 68.0 Å². The molecule has 2 aromatic carbocycles. The van der Waals surface area contributed by atoms with Gasteiger partial charge in [0.1, 0.15) is 0 Å². The number of anilines is 3. The van der Waals surface area contributed by atoms with Crippen LogP contribution in [0, 0.1) is 12.8 Å². The molecule has 4 rings (SSSR count). The number of nitrogens with one attached hydrogen (secondary N) is 2. The van der Waals surface area contributed by atoms with Crippen molar-refractivity contribution in [2.24, 2.45) is 5.92 Å². The van der Waals surface area contributed by atoms with Gasteiger partial charge >= 0.3 is 6.03 Å². The van der Waals surface area contributed by atoms with Crippen LogP contribution in [0.25, 0.3) is 0 Å². The van der Waals surface area contributed by atoms with E-state index in [1.54, 1.807) is 18.2 Å². The second-order valence-electron chi connectivity index (χ2n) is 8.31. The van der Waals surface area contributed by atoms with Gasteiger partial charge < -0.3 is 20.3 Å². The first kappa shape index (κ1) is 21.6. The minimum Gasteiger partial charge on any atom is -0.380 e. The topological polar surface area (TPSA) is 87.7 Å². The van der Waals surface area contributed by atoms with Gasteiger partial charge in [-0.2, -0.15) is 0 Å². The zero-order chi connectivity index (χ0) is 21.8. The summed E-state index contributed by atoms with van der Waals surface area (Å²) in [6.07, 6.45) is 2.81. The summed E-state index contributed by atoms with van der Waals surface area (Å²) in [5, 5.41) is 5.71. The van der Waals surface area contributed by atoms with Gasteiger partial charge in [0.25, 0.3) is 0 Å². The fourth-order valence-corrected chi connectivity index (χ4v) is 5.49. The molecule has 2 fully saturated rings. The van der Waals surface area contributed by atoms with Gasteiger partial charge in [-0.15, -0.1) is 0 Å². The Labute approximate surface area is 183 Å². The van der Waals surface area contributed by atoms with Crippen LogP contribution < -0.4 is 15.5 Å². The van der Waals surface area contributed by atoms with E-state index < -0.39 is 15.9 Å². The van der Waals surface area contributed by atoms with Crippen LogP contribution in [0.3, 0.4) is 0 Å². The van der Waals surface area contributed by atoms with Crippen LogP contribution in [0.2, 0.25) is 0 Å². The van der Waals surface area contributed by atoms with Gasteiger partial charge in [-0.3, -0.25) is 0 Å². The molecule has 1 heterocycles. The average Bonchev–Trinajstić information content (AvgIpc) is 3.54. The Morgan fingerprint density at radius 3 is 2.71 bits per heavy atom. The van der Waals surface area contributed by atoms with E-state index in [2.05, 4.69) is 15.5 Å². The van der Waals surface area contributed by atoms with Crippen molar-refractivity contribution in [3.63, 3.8) is 0 Å². The molecule has 1 aliphatic carbocycles. The molecule has 2 aliphatic rings. The predicted octanol–water partition coefficient (Wildman–Crippen LogP) is 4.05. The van der Waals surface area contributed by atoms with Crippen molar-refractivity contribution in [2.45, 2.75) is 31.1 Å². The first-order valence-corrected chi connectivity index (χ1v) is 12.4. The van der Waals surface area contributed by atoms with Gasteiger partial charge in [0.05, 0.1) is 28.6 Å². The number of urea groups is 1. The van der Waals surface area contributed by atoms with Crippen molar-refractivity contribution >= 4 is 32.9 Å². The maximum Gasteiger partial charge on any atom is 0.323 e. The molecule has 31 heavy (non-hydrogen) atoms. The summed E-state index contributed by atoms with van der Waals surface area (Å²) in [5.74, 6) is 0.423. The first-order chi connectivity index (χ1) is 14.9. The molecule has 1 saturated carbocycles. The zero-order valence-electron chi connectivity index (χ0n) is 17.8. The second kappa shape index (κ2) is 9.28.